The van der Waals surface area contributed by atoms with Crippen LogP contribution in [0.15, 0.2) is 54.6 Å². The highest BCUT2D eigenvalue weighted by atomic mass is 16.5. The Labute approximate surface area is 124 Å². The molecule has 0 aliphatic rings. The Balaban J connectivity index is 1.72. The summed E-state index contributed by atoms with van der Waals surface area (Å²) < 4.78 is 10.7. The molecule has 0 saturated heterocycles. The van der Waals surface area contributed by atoms with Crippen molar-refractivity contribution in [2.45, 2.75) is 13.0 Å². The molecule has 0 spiro atoms. The number of ether oxygens (including phenoxy) is 2. The summed E-state index contributed by atoms with van der Waals surface area (Å²) in [7, 11) is 1.59. The Morgan fingerprint density at radius 2 is 1.67 bits per heavy atom. The number of benzene rings is 2. The molecule has 2 aromatic rings. The molecule has 110 valence electrons. The Bertz CT molecular complexity index is 569. The van der Waals surface area contributed by atoms with E-state index in [9.17, 15) is 4.79 Å². The molecule has 1 amide bonds. The molecule has 1 N–H and O–H groups in total. The number of amides is 1. The number of nitrogens with one attached hydrogen (secondary N) is 1. The minimum atomic E-state index is -0.0336. The monoisotopic (exact) mass is 285 g/mol. The van der Waals surface area contributed by atoms with Gasteiger partial charge in [-0.2, -0.15) is 0 Å². The first-order valence-corrected chi connectivity index (χ1v) is 6.86. The van der Waals surface area contributed by atoms with Crippen molar-refractivity contribution in [2.75, 3.05) is 13.7 Å². The maximum atomic E-state index is 11.7. The van der Waals surface area contributed by atoms with Crippen LogP contribution in [0.2, 0.25) is 0 Å². The van der Waals surface area contributed by atoms with Gasteiger partial charge in [-0.05, 0) is 17.7 Å². The zero-order valence-electron chi connectivity index (χ0n) is 12.0. The first kappa shape index (κ1) is 14.9. The highest BCUT2D eigenvalue weighted by Crippen LogP contribution is 2.25. The van der Waals surface area contributed by atoms with Gasteiger partial charge in [-0.15, -0.1) is 0 Å². The van der Waals surface area contributed by atoms with Crippen LogP contribution in [-0.4, -0.2) is 19.6 Å². The molecule has 2 aromatic carbocycles. The Morgan fingerprint density at radius 3 is 2.38 bits per heavy atom. The third-order valence-corrected chi connectivity index (χ3v) is 2.99. The highest BCUT2D eigenvalue weighted by Gasteiger charge is 2.05. The summed E-state index contributed by atoms with van der Waals surface area (Å²) in [4.78, 5) is 11.7. The lowest BCUT2D eigenvalue weighted by Crippen LogP contribution is -2.24. The van der Waals surface area contributed by atoms with Crippen molar-refractivity contribution >= 4 is 5.91 Å². The molecular formula is C17H19NO3. The standard InChI is InChI=1S/C17H19NO3/c1-20-15-9-5-6-10-16(15)21-12-11-17(19)18-13-14-7-3-2-4-8-14/h2-10H,11-13H2,1H3,(H,18,19). The largest absolute Gasteiger partial charge is 0.493 e. The molecule has 0 bridgehead atoms. The number of carbonyl (C=O) groups is 1. The van der Waals surface area contributed by atoms with E-state index in [-0.39, 0.29) is 5.91 Å². The van der Waals surface area contributed by atoms with Gasteiger partial charge in [-0.3, -0.25) is 4.79 Å². The molecule has 0 atom stereocenters. The number of hydrogen-bond acceptors (Lipinski definition) is 3. The fourth-order valence-corrected chi connectivity index (χ4v) is 1.88. The zero-order valence-corrected chi connectivity index (χ0v) is 12.0. The van der Waals surface area contributed by atoms with E-state index in [1.54, 1.807) is 7.11 Å². The molecule has 4 heteroatoms. The first-order chi connectivity index (χ1) is 10.3. The van der Waals surface area contributed by atoms with Gasteiger partial charge in [0.2, 0.25) is 5.91 Å². The fourth-order valence-electron chi connectivity index (χ4n) is 1.88. The summed E-state index contributed by atoms with van der Waals surface area (Å²) in [6.45, 7) is 0.856. The van der Waals surface area contributed by atoms with Gasteiger partial charge < -0.3 is 14.8 Å². The van der Waals surface area contributed by atoms with Crippen molar-refractivity contribution < 1.29 is 14.3 Å². The van der Waals surface area contributed by atoms with E-state index in [1.165, 1.54) is 0 Å². The molecule has 0 fully saturated rings. The topological polar surface area (TPSA) is 47.6 Å². The molecule has 0 radical (unpaired) electrons. The van der Waals surface area contributed by atoms with Crippen LogP contribution >= 0.6 is 0 Å². The van der Waals surface area contributed by atoms with Gasteiger partial charge in [-0.1, -0.05) is 42.5 Å². The predicted octanol–water partition coefficient (Wildman–Crippen LogP) is 2.78. The van der Waals surface area contributed by atoms with E-state index in [0.717, 1.165) is 5.56 Å². The van der Waals surface area contributed by atoms with Crippen LogP contribution in [0.1, 0.15) is 12.0 Å². The first-order valence-electron chi connectivity index (χ1n) is 6.86. The van der Waals surface area contributed by atoms with Crippen molar-refractivity contribution in [1.82, 2.24) is 5.32 Å². The van der Waals surface area contributed by atoms with Gasteiger partial charge in [0.25, 0.3) is 0 Å². The number of para-hydroxylation sites is 2. The quantitative estimate of drug-likeness (QED) is 0.851. The molecule has 0 aliphatic carbocycles. The van der Waals surface area contributed by atoms with Crippen LogP contribution < -0.4 is 14.8 Å². The van der Waals surface area contributed by atoms with Gasteiger partial charge in [0.05, 0.1) is 20.1 Å². The SMILES string of the molecule is COc1ccccc1OCCC(=O)NCc1ccccc1. The van der Waals surface area contributed by atoms with E-state index in [4.69, 9.17) is 9.47 Å². The second-order valence-electron chi connectivity index (χ2n) is 4.51. The molecule has 0 aliphatic heterocycles. The lowest BCUT2D eigenvalue weighted by Gasteiger charge is -2.10. The predicted molar refractivity (Wildman–Crippen MR) is 81.4 cm³/mol. The molecule has 2 rings (SSSR count). The molecule has 0 unspecified atom stereocenters. The van der Waals surface area contributed by atoms with Crippen molar-refractivity contribution in [3.8, 4) is 11.5 Å². The second kappa shape index (κ2) is 7.94. The average molecular weight is 285 g/mol. The van der Waals surface area contributed by atoms with E-state index in [0.29, 0.717) is 31.1 Å². The summed E-state index contributed by atoms with van der Waals surface area (Å²) in [5.41, 5.74) is 1.08. The minimum Gasteiger partial charge on any atom is -0.493 e. The number of hydrogen-bond donors (Lipinski definition) is 1. The van der Waals surface area contributed by atoms with Crippen LogP contribution in [0, 0.1) is 0 Å². The van der Waals surface area contributed by atoms with Gasteiger partial charge >= 0.3 is 0 Å². The average Bonchev–Trinajstić information content (AvgIpc) is 2.54. The maximum absolute atomic E-state index is 11.7. The third-order valence-electron chi connectivity index (χ3n) is 2.99. The number of carbonyl (C=O) groups excluding carboxylic acids is 1. The van der Waals surface area contributed by atoms with Gasteiger partial charge in [0.15, 0.2) is 11.5 Å². The Morgan fingerprint density at radius 1 is 1.00 bits per heavy atom. The molecular weight excluding hydrogens is 266 g/mol. The van der Waals surface area contributed by atoms with Crippen molar-refractivity contribution in [3.05, 3.63) is 60.2 Å². The maximum Gasteiger partial charge on any atom is 0.223 e. The van der Waals surface area contributed by atoms with Crippen molar-refractivity contribution in [1.29, 1.82) is 0 Å². The normalized spacial score (nSPS) is 9.95. The second-order valence-corrected chi connectivity index (χ2v) is 4.51. The van der Waals surface area contributed by atoms with Crippen LogP contribution in [-0.2, 0) is 11.3 Å². The summed E-state index contributed by atoms with van der Waals surface area (Å²) in [6.07, 6.45) is 0.310. The lowest BCUT2D eigenvalue weighted by molar-refractivity contribution is -0.121. The molecule has 0 aromatic heterocycles. The molecule has 4 nitrogen and oxygen atoms in total. The molecule has 0 saturated carbocycles. The number of rotatable bonds is 7. The summed E-state index contributed by atoms with van der Waals surface area (Å²) in [5, 5.41) is 2.86. The van der Waals surface area contributed by atoms with E-state index < -0.39 is 0 Å². The third kappa shape index (κ3) is 4.84. The molecule has 0 heterocycles. The van der Waals surface area contributed by atoms with Crippen LogP contribution in [0.3, 0.4) is 0 Å². The zero-order chi connectivity index (χ0) is 14.9. The summed E-state index contributed by atoms with van der Waals surface area (Å²) >= 11 is 0. The Kier molecular flexibility index (Phi) is 5.64. The van der Waals surface area contributed by atoms with Crippen molar-refractivity contribution in [2.24, 2.45) is 0 Å². The Hall–Kier alpha value is -2.49. The van der Waals surface area contributed by atoms with E-state index >= 15 is 0 Å². The highest BCUT2D eigenvalue weighted by molar-refractivity contribution is 5.76. The molecule has 21 heavy (non-hydrogen) atoms. The summed E-state index contributed by atoms with van der Waals surface area (Å²) in [6, 6.07) is 17.2. The lowest BCUT2D eigenvalue weighted by atomic mass is 10.2. The fraction of sp³-hybridized carbons (Fsp3) is 0.235. The van der Waals surface area contributed by atoms with Crippen LogP contribution in [0.5, 0.6) is 11.5 Å². The summed E-state index contributed by atoms with van der Waals surface area (Å²) in [5.74, 6) is 1.28. The smallest absolute Gasteiger partial charge is 0.223 e. The minimum absolute atomic E-state index is 0.0336. The van der Waals surface area contributed by atoms with Crippen LogP contribution in [0.25, 0.3) is 0 Å². The van der Waals surface area contributed by atoms with E-state index in [1.807, 2.05) is 54.6 Å². The van der Waals surface area contributed by atoms with E-state index in [2.05, 4.69) is 5.32 Å². The van der Waals surface area contributed by atoms with Gasteiger partial charge in [-0.25, -0.2) is 0 Å². The van der Waals surface area contributed by atoms with Gasteiger partial charge in [0.1, 0.15) is 0 Å². The van der Waals surface area contributed by atoms with Crippen LogP contribution in [0.4, 0.5) is 0 Å². The number of methoxy groups -OCH3 is 1. The van der Waals surface area contributed by atoms with Gasteiger partial charge in [0, 0.05) is 6.54 Å². The van der Waals surface area contributed by atoms with Crippen molar-refractivity contribution in [3.63, 3.8) is 0 Å².